The van der Waals surface area contributed by atoms with Gasteiger partial charge in [-0.3, -0.25) is 4.79 Å². The topological polar surface area (TPSA) is 62.4 Å². The Bertz CT molecular complexity index is 1250. The molecule has 0 spiro atoms. The molecular weight excluding hydrogens is 414 g/mol. The molecule has 0 unspecified atom stereocenters. The number of ether oxygens (including phenoxy) is 1. The second-order valence-electron chi connectivity index (χ2n) is 9.13. The summed E-state index contributed by atoms with van der Waals surface area (Å²) in [6, 6.07) is 3.04. The van der Waals surface area contributed by atoms with Crippen LogP contribution in [0.4, 0.5) is 8.78 Å². The number of hydrogen-bond acceptors (Lipinski definition) is 3. The van der Waals surface area contributed by atoms with E-state index in [9.17, 15) is 18.4 Å². The van der Waals surface area contributed by atoms with Crippen LogP contribution in [0.15, 0.2) is 24.4 Å². The fraction of sp³-hybridized carbons (Fsp3) is 0.360. The van der Waals surface area contributed by atoms with Crippen molar-refractivity contribution < 1.29 is 23.1 Å². The van der Waals surface area contributed by atoms with Crippen LogP contribution in [0.5, 0.6) is 0 Å². The van der Waals surface area contributed by atoms with Gasteiger partial charge in [0.1, 0.15) is 0 Å². The largest absolute Gasteiger partial charge is 0.459 e. The number of amides is 1. The van der Waals surface area contributed by atoms with Crippen molar-refractivity contribution in [2.24, 2.45) is 0 Å². The molecule has 2 aliphatic rings. The molecule has 1 aromatic carbocycles. The lowest BCUT2D eigenvalue weighted by Gasteiger charge is -2.29. The van der Waals surface area contributed by atoms with Crippen LogP contribution in [0.25, 0.3) is 17.7 Å². The quantitative estimate of drug-likeness (QED) is 0.745. The van der Waals surface area contributed by atoms with E-state index in [0.29, 0.717) is 5.69 Å². The van der Waals surface area contributed by atoms with E-state index in [0.717, 1.165) is 41.1 Å². The number of rotatable bonds is 3. The minimum atomic E-state index is -1.10. The fourth-order valence-electron chi connectivity index (χ4n) is 4.40. The molecule has 0 saturated heterocycles. The van der Waals surface area contributed by atoms with Crippen molar-refractivity contribution in [3.8, 4) is 0 Å². The summed E-state index contributed by atoms with van der Waals surface area (Å²) in [4.78, 5) is 31.1. The van der Waals surface area contributed by atoms with Crippen LogP contribution in [-0.4, -0.2) is 34.4 Å². The average molecular weight is 440 g/mol. The van der Waals surface area contributed by atoms with E-state index >= 15 is 0 Å². The maximum Gasteiger partial charge on any atom is 0.342 e. The van der Waals surface area contributed by atoms with Crippen LogP contribution in [-0.2, 0) is 14.9 Å². The predicted molar refractivity (Wildman–Crippen MR) is 118 cm³/mol. The van der Waals surface area contributed by atoms with Gasteiger partial charge in [0.15, 0.2) is 11.6 Å². The van der Waals surface area contributed by atoms with Crippen LogP contribution in [0.3, 0.4) is 0 Å². The number of nitrogens with one attached hydrogen (secondary N) is 1. The van der Waals surface area contributed by atoms with Gasteiger partial charge in [-0.1, -0.05) is 26.0 Å². The molecule has 7 heteroatoms. The van der Waals surface area contributed by atoms with Crippen molar-refractivity contribution in [1.29, 1.82) is 0 Å². The Balaban J connectivity index is 1.89. The van der Waals surface area contributed by atoms with E-state index in [-0.39, 0.29) is 23.8 Å². The highest BCUT2D eigenvalue weighted by Gasteiger charge is 2.37. The molecule has 0 fully saturated rings. The van der Waals surface area contributed by atoms with Crippen LogP contribution in [0.1, 0.15) is 62.2 Å². The number of H-pyrrole nitrogens is 1. The van der Waals surface area contributed by atoms with Gasteiger partial charge in [0.2, 0.25) is 0 Å². The zero-order valence-electron chi connectivity index (χ0n) is 18.6. The van der Waals surface area contributed by atoms with Crippen LogP contribution >= 0.6 is 0 Å². The Labute approximate surface area is 185 Å². The molecule has 1 aliphatic carbocycles. The molecule has 32 heavy (non-hydrogen) atoms. The summed E-state index contributed by atoms with van der Waals surface area (Å²) in [6.07, 6.45) is 7.16. The Morgan fingerprint density at radius 3 is 2.53 bits per heavy atom. The molecule has 2 heterocycles. The monoisotopic (exact) mass is 440 g/mol. The third-order valence-electron chi connectivity index (χ3n) is 5.72. The third-order valence-corrected chi connectivity index (χ3v) is 5.72. The SMILES string of the molecule is CC(C)OC(=O)C1=CN(C(=O)c2ccc(F)c(F)c2)CC(C)(C)c2c1[nH]c1c2=CCCC=1. The standard InChI is InChI=1S/C25H26F2N2O3/c1-14(2)32-24(31)17-12-29(23(30)15-9-10-18(26)19(27)11-15)13-25(3,4)21-16-7-5-6-8-20(16)28-22(17)21/h7-12,14,28H,5-6,13H2,1-4H3. The number of hydrogen-bond donors (Lipinski definition) is 1. The predicted octanol–water partition coefficient (Wildman–Crippen LogP) is 3.37. The molecule has 1 aliphatic heterocycles. The van der Waals surface area contributed by atoms with Crippen molar-refractivity contribution >= 4 is 29.6 Å². The molecule has 0 atom stereocenters. The van der Waals surface area contributed by atoms with E-state index in [2.05, 4.69) is 17.1 Å². The van der Waals surface area contributed by atoms with Gasteiger partial charge < -0.3 is 14.6 Å². The van der Waals surface area contributed by atoms with Gasteiger partial charge in [0.05, 0.1) is 17.4 Å². The molecule has 168 valence electrons. The number of aromatic nitrogens is 1. The van der Waals surface area contributed by atoms with Crippen molar-refractivity contribution in [3.63, 3.8) is 0 Å². The lowest BCUT2D eigenvalue weighted by Crippen LogP contribution is -2.41. The van der Waals surface area contributed by atoms with Crippen molar-refractivity contribution in [1.82, 2.24) is 9.88 Å². The van der Waals surface area contributed by atoms with Gasteiger partial charge in [0.25, 0.3) is 5.91 Å². The average Bonchev–Trinajstić information content (AvgIpc) is 3.06. The molecule has 4 rings (SSSR count). The first-order valence-corrected chi connectivity index (χ1v) is 10.7. The molecule has 0 bridgehead atoms. The summed E-state index contributed by atoms with van der Waals surface area (Å²) in [7, 11) is 0. The van der Waals surface area contributed by atoms with Gasteiger partial charge in [-0.15, -0.1) is 0 Å². The van der Waals surface area contributed by atoms with Crippen LogP contribution < -0.4 is 10.6 Å². The van der Waals surface area contributed by atoms with Gasteiger partial charge in [-0.2, -0.15) is 0 Å². The first kappa shape index (κ1) is 22.0. The Hall–Kier alpha value is -3.22. The van der Waals surface area contributed by atoms with Crippen LogP contribution in [0.2, 0.25) is 0 Å². The maximum absolute atomic E-state index is 13.8. The zero-order valence-corrected chi connectivity index (χ0v) is 18.6. The fourth-order valence-corrected chi connectivity index (χ4v) is 4.40. The van der Waals surface area contributed by atoms with E-state index < -0.39 is 28.9 Å². The highest BCUT2D eigenvalue weighted by molar-refractivity contribution is 6.17. The van der Waals surface area contributed by atoms with Crippen molar-refractivity contribution in [2.75, 3.05) is 6.54 Å². The van der Waals surface area contributed by atoms with Gasteiger partial charge in [-0.25, -0.2) is 13.6 Å². The van der Waals surface area contributed by atoms with E-state index in [4.69, 9.17) is 4.74 Å². The number of halogens is 2. The summed E-state index contributed by atoms with van der Waals surface area (Å²) >= 11 is 0. The van der Waals surface area contributed by atoms with Crippen LogP contribution in [0, 0.1) is 11.6 Å². The first-order chi connectivity index (χ1) is 15.1. The van der Waals surface area contributed by atoms with E-state index in [1.165, 1.54) is 17.2 Å². The minimum Gasteiger partial charge on any atom is -0.459 e. The van der Waals surface area contributed by atoms with E-state index in [1.807, 2.05) is 13.8 Å². The zero-order chi connectivity index (χ0) is 23.2. The highest BCUT2D eigenvalue weighted by atomic mass is 19.2. The summed E-state index contributed by atoms with van der Waals surface area (Å²) < 4.78 is 32.7. The minimum absolute atomic E-state index is 0.0000114. The number of carbonyl (C=O) groups excluding carboxylic acids is 2. The Morgan fingerprint density at radius 2 is 1.84 bits per heavy atom. The second kappa shape index (κ2) is 8.04. The molecular formula is C25H26F2N2O3. The Morgan fingerprint density at radius 1 is 1.12 bits per heavy atom. The third kappa shape index (κ3) is 3.87. The molecule has 0 saturated carbocycles. The molecule has 1 aromatic heterocycles. The maximum atomic E-state index is 13.8. The smallest absolute Gasteiger partial charge is 0.342 e. The summed E-state index contributed by atoms with van der Waals surface area (Å²) in [5, 5.41) is 1.99. The van der Waals surface area contributed by atoms with Gasteiger partial charge in [0, 0.05) is 29.1 Å². The van der Waals surface area contributed by atoms with Crippen molar-refractivity contribution in [3.05, 3.63) is 63.4 Å². The molecule has 2 aromatic rings. The summed E-state index contributed by atoms with van der Waals surface area (Å²) in [5.74, 6) is -3.21. The second-order valence-corrected chi connectivity index (χ2v) is 9.13. The number of benzene rings is 1. The number of fused-ring (bicyclic) bond motifs is 3. The summed E-state index contributed by atoms with van der Waals surface area (Å²) in [6.45, 7) is 7.75. The van der Waals surface area contributed by atoms with Crippen molar-refractivity contribution in [2.45, 2.75) is 52.1 Å². The number of aromatic amines is 1. The first-order valence-electron chi connectivity index (χ1n) is 10.7. The van der Waals surface area contributed by atoms with E-state index in [1.54, 1.807) is 13.8 Å². The Kier molecular flexibility index (Phi) is 5.53. The lowest BCUT2D eigenvalue weighted by atomic mass is 9.82. The summed E-state index contributed by atoms with van der Waals surface area (Å²) in [5.41, 5.74) is 1.26. The highest BCUT2D eigenvalue weighted by Crippen LogP contribution is 2.33. The van der Waals surface area contributed by atoms with Gasteiger partial charge >= 0.3 is 5.97 Å². The normalized spacial score (nSPS) is 16.8. The number of esters is 1. The molecule has 5 nitrogen and oxygen atoms in total. The lowest BCUT2D eigenvalue weighted by molar-refractivity contribution is -0.140. The number of carbonyl (C=O) groups is 2. The molecule has 1 N–H and O–H groups in total. The number of nitrogens with zero attached hydrogens (tertiary/aromatic N) is 1. The molecule has 0 radical (unpaired) electrons. The van der Waals surface area contributed by atoms with Gasteiger partial charge in [-0.05, 0) is 55.7 Å². The molecule has 1 amide bonds.